The van der Waals surface area contributed by atoms with Crippen LogP contribution in [0.25, 0.3) is 5.70 Å². The van der Waals surface area contributed by atoms with Gasteiger partial charge in [-0.3, -0.25) is 10.1 Å². The van der Waals surface area contributed by atoms with Crippen LogP contribution in [0, 0.1) is 10.1 Å². The lowest BCUT2D eigenvalue weighted by Crippen LogP contribution is -2.53. The number of hydrogen-bond acceptors (Lipinski definition) is 6. The molecule has 0 aliphatic carbocycles. The van der Waals surface area contributed by atoms with Crippen molar-refractivity contribution in [2.24, 2.45) is 5.73 Å². The van der Waals surface area contributed by atoms with Gasteiger partial charge in [-0.1, -0.05) is 42.5 Å². The number of nitrogens with two attached hydrogens (primary N) is 1. The Morgan fingerprint density at radius 3 is 2.45 bits per heavy atom. The standard InChI is InChI=1S/C19H16N4O6/c1-29-17(24)14-15(11-6-3-2-4-7-11)21-19(26)22(18(20)25)16(14)12-8-5-9-13(10-12)23(27)28/h2-10,16H,1H3,(H2,20,25)(H,21,26). The van der Waals surface area contributed by atoms with Gasteiger partial charge in [0, 0.05) is 12.1 Å². The number of ether oxygens (including phenoxy) is 1. The smallest absolute Gasteiger partial charge is 0.338 e. The molecule has 3 N–H and O–H groups in total. The first-order valence-corrected chi connectivity index (χ1v) is 8.37. The summed E-state index contributed by atoms with van der Waals surface area (Å²) in [4.78, 5) is 48.6. The third kappa shape index (κ3) is 3.63. The highest BCUT2D eigenvalue weighted by molar-refractivity contribution is 6.08. The van der Waals surface area contributed by atoms with Crippen molar-refractivity contribution in [2.45, 2.75) is 6.04 Å². The number of non-ortho nitro benzene ring substituents is 1. The Morgan fingerprint density at radius 2 is 1.86 bits per heavy atom. The number of primary amides is 1. The first-order valence-electron chi connectivity index (χ1n) is 8.37. The average Bonchev–Trinajstić information content (AvgIpc) is 2.72. The van der Waals surface area contributed by atoms with E-state index in [4.69, 9.17) is 10.5 Å². The molecule has 1 aliphatic heterocycles. The molecule has 10 nitrogen and oxygen atoms in total. The number of nitrogens with one attached hydrogen (secondary N) is 1. The van der Waals surface area contributed by atoms with Gasteiger partial charge in [0.05, 0.1) is 23.3 Å². The second kappa shape index (κ2) is 7.80. The van der Waals surface area contributed by atoms with Crippen LogP contribution in [0.5, 0.6) is 0 Å². The number of carbonyl (C=O) groups excluding carboxylic acids is 3. The number of rotatable bonds is 4. The molecule has 0 aromatic heterocycles. The van der Waals surface area contributed by atoms with Gasteiger partial charge in [-0.15, -0.1) is 0 Å². The fraction of sp³-hybridized carbons (Fsp3) is 0.105. The van der Waals surface area contributed by atoms with E-state index in [2.05, 4.69) is 5.32 Å². The Bertz CT molecular complexity index is 1030. The Balaban J connectivity index is 2.32. The molecule has 148 valence electrons. The Morgan fingerprint density at radius 1 is 1.17 bits per heavy atom. The summed E-state index contributed by atoms with van der Waals surface area (Å²) in [7, 11) is 1.15. The third-order valence-electron chi connectivity index (χ3n) is 4.35. The molecular weight excluding hydrogens is 380 g/mol. The zero-order valence-electron chi connectivity index (χ0n) is 15.2. The number of nitrogens with zero attached hydrogens (tertiary/aromatic N) is 2. The first kappa shape index (κ1) is 19.5. The number of carbonyl (C=O) groups is 3. The molecule has 0 fully saturated rings. The number of benzene rings is 2. The van der Waals surface area contributed by atoms with E-state index in [0.29, 0.717) is 10.5 Å². The van der Waals surface area contributed by atoms with Crippen molar-refractivity contribution in [1.29, 1.82) is 0 Å². The number of esters is 1. The number of urea groups is 2. The maximum atomic E-state index is 12.7. The summed E-state index contributed by atoms with van der Waals surface area (Å²) < 4.78 is 4.87. The number of methoxy groups -OCH3 is 1. The zero-order chi connectivity index (χ0) is 21.1. The molecule has 1 unspecified atom stereocenters. The van der Waals surface area contributed by atoms with Gasteiger partial charge in [0.2, 0.25) is 0 Å². The monoisotopic (exact) mass is 396 g/mol. The number of nitro benzene ring substituents is 1. The van der Waals surface area contributed by atoms with Crippen LogP contribution in [0.1, 0.15) is 17.2 Å². The number of amides is 4. The summed E-state index contributed by atoms with van der Waals surface area (Å²) in [6.45, 7) is 0. The highest BCUT2D eigenvalue weighted by Gasteiger charge is 2.42. The van der Waals surface area contributed by atoms with E-state index < -0.39 is 29.0 Å². The summed E-state index contributed by atoms with van der Waals surface area (Å²) >= 11 is 0. The van der Waals surface area contributed by atoms with E-state index in [1.165, 1.54) is 24.3 Å². The van der Waals surface area contributed by atoms with Gasteiger partial charge in [-0.25, -0.2) is 19.3 Å². The maximum Gasteiger partial charge on any atom is 0.338 e. The SMILES string of the molecule is COC(=O)C1=C(c2ccccc2)NC(=O)N(C(N)=O)C1c1cccc([N+](=O)[O-])c1. The second-order valence-corrected chi connectivity index (χ2v) is 6.04. The van der Waals surface area contributed by atoms with Crippen molar-refractivity contribution >= 4 is 29.4 Å². The Labute approximate surface area is 164 Å². The van der Waals surface area contributed by atoms with Gasteiger partial charge in [-0.05, 0) is 11.1 Å². The zero-order valence-corrected chi connectivity index (χ0v) is 15.2. The average molecular weight is 396 g/mol. The fourth-order valence-corrected chi connectivity index (χ4v) is 3.13. The molecule has 2 aromatic carbocycles. The predicted molar refractivity (Wildman–Crippen MR) is 101 cm³/mol. The van der Waals surface area contributed by atoms with Crippen molar-refractivity contribution < 1.29 is 24.0 Å². The van der Waals surface area contributed by atoms with Crippen molar-refractivity contribution in [2.75, 3.05) is 7.11 Å². The number of imide groups is 1. The summed E-state index contributed by atoms with van der Waals surface area (Å²) in [5, 5.41) is 13.7. The Hall–Kier alpha value is -4.21. The van der Waals surface area contributed by atoms with Gasteiger partial charge in [-0.2, -0.15) is 0 Å². The third-order valence-corrected chi connectivity index (χ3v) is 4.35. The normalized spacial score (nSPS) is 16.2. The van der Waals surface area contributed by atoms with Crippen LogP contribution < -0.4 is 11.1 Å². The van der Waals surface area contributed by atoms with Crippen LogP contribution in [-0.2, 0) is 9.53 Å². The molecular formula is C19H16N4O6. The van der Waals surface area contributed by atoms with Crippen molar-refractivity contribution in [3.05, 3.63) is 81.4 Å². The summed E-state index contributed by atoms with van der Waals surface area (Å²) in [5.74, 6) is -0.827. The van der Waals surface area contributed by atoms with Gasteiger partial charge in [0.15, 0.2) is 0 Å². The number of nitro groups is 1. The van der Waals surface area contributed by atoms with Gasteiger partial charge in [0.1, 0.15) is 6.04 Å². The van der Waals surface area contributed by atoms with E-state index in [9.17, 15) is 24.5 Å². The predicted octanol–water partition coefficient (Wildman–Crippen LogP) is 2.32. The fourth-order valence-electron chi connectivity index (χ4n) is 3.13. The molecule has 3 rings (SSSR count). The highest BCUT2D eigenvalue weighted by atomic mass is 16.6. The molecule has 2 aromatic rings. The number of hydrogen-bond donors (Lipinski definition) is 2. The molecule has 1 aliphatic rings. The van der Waals surface area contributed by atoms with Gasteiger partial charge >= 0.3 is 18.0 Å². The van der Waals surface area contributed by atoms with Crippen molar-refractivity contribution in [3.63, 3.8) is 0 Å². The summed E-state index contributed by atoms with van der Waals surface area (Å²) in [6, 6.07) is 10.4. The molecule has 0 bridgehead atoms. The lowest BCUT2D eigenvalue weighted by molar-refractivity contribution is -0.384. The quantitative estimate of drug-likeness (QED) is 0.461. The molecule has 0 radical (unpaired) electrons. The molecule has 0 saturated carbocycles. The van der Waals surface area contributed by atoms with E-state index in [1.807, 2.05) is 0 Å². The lowest BCUT2D eigenvalue weighted by atomic mass is 9.91. The summed E-state index contributed by atoms with van der Waals surface area (Å²) in [5.41, 5.74) is 5.79. The molecule has 4 amide bonds. The molecule has 29 heavy (non-hydrogen) atoms. The largest absolute Gasteiger partial charge is 0.466 e. The minimum absolute atomic E-state index is 0.0856. The molecule has 0 saturated heterocycles. The molecule has 10 heteroatoms. The lowest BCUT2D eigenvalue weighted by Gasteiger charge is -2.35. The van der Waals surface area contributed by atoms with Crippen LogP contribution >= 0.6 is 0 Å². The maximum absolute atomic E-state index is 12.7. The van der Waals surface area contributed by atoms with E-state index in [1.54, 1.807) is 30.3 Å². The highest BCUT2D eigenvalue weighted by Crippen LogP contribution is 2.38. The molecule has 1 atom stereocenters. The van der Waals surface area contributed by atoms with Crippen LogP contribution in [0.15, 0.2) is 60.2 Å². The van der Waals surface area contributed by atoms with Crippen molar-refractivity contribution in [3.8, 4) is 0 Å². The first-order chi connectivity index (χ1) is 13.8. The van der Waals surface area contributed by atoms with E-state index >= 15 is 0 Å². The van der Waals surface area contributed by atoms with Crippen LogP contribution in [0.2, 0.25) is 0 Å². The molecule has 0 spiro atoms. The second-order valence-electron chi connectivity index (χ2n) is 6.04. The topological polar surface area (TPSA) is 145 Å². The van der Waals surface area contributed by atoms with Crippen LogP contribution in [0.3, 0.4) is 0 Å². The van der Waals surface area contributed by atoms with E-state index in [-0.39, 0.29) is 22.5 Å². The van der Waals surface area contributed by atoms with Crippen molar-refractivity contribution in [1.82, 2.24) is 10.2 Å². The van der Waals surface area contributed by atoms with Crippen LogP contribution in [0.4, 0.5) is 15.3 Å². The van der Waals surface area contributed by atoms with E-state index in [0.717, 1.165) is 7.11 Å². The Kier molecular flexibility index (Phi) is 5.26. The van der Waals surface area contributed by atoms with Gasteiger partial charge < -0.3 is 15.8 Å². The van der Waals surface area contributed by atoms with Gasteiger partial charge in [0.25, 0.3) is 5.69 Å². The minimum Gasteiger partial charge on any atom is -0.466 e. The minimum atomic E-state index is -1.32. The summed E-state index contributed by atoms with van der Waals surface area (Å²) in [6.07, 6.45) is 0. The van der Waals surface area contributed by atoms with Crippen LogP contribution in [-0.4, -0.2) is 35.0 Å². The molecule has 1 heterocycles.